The van der Waals surface area contributed by atoms with E-state index in [9.17, 15) is 12.8 Å². The van der Waals surface area contributed by atoms with Gasteiger partial charge in [0.2, 0.25) is 10.0 Å². The van der Waals surface area contributed by atoms with Gasteiger partial charge in [0.25, 0.3) is 0 Å². The van der Waals surface area contributed by atoms with Crippen molar-refractivity contribution in [3.63, 3.8) is 0 Å². The highest BCUT2D eigenvalue weighted by atomic mass is 32.2. The Bertz CT molecular complexity index is 603. The zero-order valence-corrected chi connectivity index (χ0v) is 13.2. The normalized spacial score (nSPS) is 23.5. The van der Waals surface area contributed by atoms with Gasteiger partial charge < -0.3 is 5.11 Å². The maximum absolute atomic E-state index is 14.0. The molecule has 0 aliphatic heterocycles. The molecule has 2 atom stereocenters. The van der Waals surface area contributed by atoms with E-state index >= 15 is 0 Å². The summed E-state index contributed by atoms with van der Waals surface area (Å²) < 4.78 is 40.6. The number of rotatable bonds is 4. The molecule has 0 radical (unpaired) electrons. The Morgan fingerprint density at radius 3 is 2.57 bits per heavy atom. The number of hydrogen-bond acceptors (Lipinski definition) is 3. The van der Waals surface area contributed by atoms with Crippen molar-refractivity contribution in [2.45, 2.75) is 50.2 Å². The number of hydrogen-bond donors (Lipinski definition) is 1. The Morgan fingerprint density at radius 2 is 2.00 bits per heavy atom. The Labute approximate surface area is 125 Å². The molecule has 6 heteroatoms. The molecule has 2 unspecified atom stereocenters. The van der Waals surface area contributed by atoms with Gasteiger partial charge in [0.15, 0.2) is 0 Å². The second kappa shape index (κ2) is 6.42. The van der Waals surface area contributed by atoms with E-state index in [1.165, 1.54) is 23.5 Å². The fourth-order valence-corrected chi connectivity index (χ4v) is 4.55. The monoisotopic (exact) mass is 315 g/mol. The lowest BCUT2D eigenvalue weighted by atomic mass is 9.86. The van der Waals surface area contributed by atoms with Crippen LogP contribution in [0.2, 0.25) is 0 Å². The van der Waals surface area contributed by atoms with Crippen LogP contribution in [0.3, 0.4) is 0 Å². The molecule has 1 aromatic rings. The van der Waals surface area contributed by atoms with Gasteiger partial charge in [-0.2, -0.15) is 4.31 Å². The average Bonchev–Trinajstić information content (AvgIpc) is 2.46. The van der Waals surface area contributed by atoms with Crippen molar-refractivity contribution in [1.82, 2.24) is 4.31 Å². The van der Waals surface area contributed by atoms with Crippen LogP contribution in [-0.2, 0) is 16.6 Å². The van der Waals surface area contributed by atoms with E-state index in [0.29, 0.717) is 5.56 Å². The van der Waals surface area contributed by atoms with Gasteiger partial charge >= 0.3 is 0 Å². The predicted octanol–water partition coefficient (Wildman–Crippen LogP) is 2.52. The van der Waals surface area contributed by atoms with Crippen molar-refractivity contribution >= 4 is 10.0 Å². The third kappa shape index (κ3) is 3.27. The van der Waals surface area contributed by atoms with E-state index in [1.54, 1.807) is 0 Å². The summed E-state index contributed by atoms with van der Waals surface area (Å²) in [6, 6.07) is 3.67. The van der Waals surface area contributed by atoms with Crippen molar-refractivity contribution in [2.75, 3.05) is 7.05 Å². The largest absolute Gasteiger partial charge is 0.392 e. The maximum atomic E-state index is 14.0. The minimum atomic E-state index is -3.85. The molecule has 0 heterocycles. The van der Waals surface area contributed by atoms with Crippen molar-refractivity contribution in [3.05, 3.63) is 29.6 Å². The van der Waals surface area contributed by atoms with Crippen LogP contribution < -0.4 is 0 Å². The SMILES string of the molecule is CC1CCCCC1N(C)S(=O)(=O)c1ccc(CO)cc1F. The Hall–Kier alpha value is -0.980. The molecule has 0 bridgehead atoms. The molecule has 0 saturated heterocycles. The number of aliphatic hydroxyl groups is 1. The van der Waals surface area contributed by atoms with Gasteiger partial charge in [-0.15, -0.1) is 0 Å². The van der Waals surface area contributed by atoms with Crippen LogP contribution in [0.15, 0.2) is 23.1 Å². The lowest BCUT2D eigenvalue weighted by Crippen LogP contribution is -2.42. The van der Waals surface area contributed by atoms with Crippen LogP contribution in [0.5, 0.6) is 0 Å². The molecule has 1 saturated carbocycles. The summed E-state index contributed by atoms with van der Waals surface area (Å²) in [5, 5.41) is 8.98. The molecule has 1 aliphatic carbocycles. The van der Waals surface area contributed by atoms with Crippen molar-refractivity contribution in [3.8, 4) is 0 Å². The Kier molecular flexibility index (Phi) is 5.01. The molecule has 1 N–H and O–H groups in total. The summed E-state index contributed by atoms with van der Waals surface area (Å²) in [5.41, 5.74) is 0.361. The van der Waals surface area contributed by atoms with Gasteiger partial charge in [0.1, 0.15) is 10.7 Å². The van der Waals surface area contributed by atoms with E-state index in [1.807, 2.05) is 6.92 Å². The predicted molar refractivity (Wildman–Crippen MR) is 78.7 cm³/mol. The first kappa shape index (κ1) is 16.4. The van der Waals surface area contributed by atoms with Crippen LogP contribution >= 0.6 is 0 Å². The highest BCUT2D eigenvalue weighted by Crippen LogP contribution is 2.31. The first-order valence-electron chi connectivity index (χ1n) is 7.25. The number of nitrogens with zero attached hydrogens (tertiary/aromatic N) is 1. The lowest BCUT2D eigenvalue weighted by molar-refractivity contribution is 0.213. The van der Waals surface area contributed by atoms with E-state index in [2.05, 4.69) is 0 Å². The fourth-order valence-electron chi connectivity index (χ4n) is 3.02. The summed E-state index contributed by atoms with van der Waals surface area (Å²) in [5.74, 6) is -0.532. The highest BCUT2D eigenvalue weighted by molar-refractivity contribution is 7.89. The molecule has 0 aromatic heterocycles. The molecule has 1 aromatic carbocycles. The summed E-state index contributed by atoms with van der Waals surface area (Å²) >= 11 is 0. The van der Waals surface area contributed by atoms with Gasteiger partial charge in [-0.25, -0.2) is 12.8 Å². The quantitative estimate of drug-likeness (QED) is 0.929. The third-order valence-electron chi connectivity index (χ3n) is 4.37. The first-order valence-corrected chi connectivity index (χ1v) is 8.69. The molecule has 21 heavy (non-hydrogen) atoms. The minimum absolute atomic E-state index is 0.0827. The Morgan fingerprint density at radius 1 is 1.33 bits per heavy atom. The van der Waals surface area contributed by atoms with Crippen molar-refractivity contribution in [2.24, 2.45) is 5.92 Å². The third-order valence-corrected chi connectivity index (χ3v) is 6.29. The number of benzene rings is 1. The summed E-state index contributed by atoms with van der Waals surface area (Å²) in [6.07, 6.45) is 3.93. The molecule has 1 aliphatic rings. The molecule has 1 fully saturated rings. The molecule has 0 amide bonds. The van der Waals surface area contributed by atoms with Crippen LogP contribution in [0.4, 0.5) is 4.39 Å². The van der Waals surface area contributed by atoms with Crippen LogP contribution in [0.1, 0.15) is 38.2 Å². The standard InChI is InChI=1S/C15H22FNO3S/c1-11-5-3-4-6-14(11)17(2)21(19,20)15-8-7-12(10-18)9-13(15)16/h7-9,11,14,18H,3-6,10H2,1-2H3. The van der Waals surface area contributed by atoms with Gasteiger partial charge in [-0.1, -0.05) is 25.8 Å². The molecular weight excluding hydrogens is 293 g/mol. The van der Waals surface area contributed by atoms with Crippen molar-refractivity contribution < 1.29 is 17.9 Å². The number of aliphatic hydroxyl groups excluding tert-OH is 1. The zero-order chi connectivity index (χ0) is 15.6. The maximum Gasteiger partial charge on any atom is 0.245 e. The smallest absolute Gasteiger partial charge is 0.245 e. The van der Waals surface area contributed by atoms with Crippen molar-refractivity contribution in [1.29, 1.82) is 0 Å². The van der Waals surface area contributed by atoms with Crippen LogP contribution in [0.25, 0.3) is 0 Å². The van der Waals surface area contributed by atoms with Gasteiger partial charge in [-0.3, -0.25) is 0 Å². The molecule has 2 rings (SSSR count). The molecular formula is C15H22FNO3S. The Balaban J connectivity index is 2.32. The molecule has 118 valence electrons. The second-order valence-electron chi connectivity index (χ2n) is 5.77. The molecule has 0 spiro atoms. The second-order valence-corrected chi connectivity index (χ2v) is 7.74. The topological polar surface area (TPSA) is 57.6 Å². The summed E-state index contributed by atoms with van der Waals surface area (Å²) in [4.78, 5) is -0.319. The van der Waals surface area contributed by atoms with E-state index in [4.69, 9.17) is 5.11 Å². The van der Waals surface area contributed by atoms with E-state index in [-0.39, 0.29) is 23.5 Å². The first-order chi connectivity index (χ1) is 9.87. The van der Waals surface area contributed by atoms with Gasteiger partial charge in [0.05, 0.1) is 6.61 Å². The van der Waals surface area contributed by atoms with E-state index < -0.39 is 15.8 Å². The number of halogens is 1. The minimum Gasteiger partial charge on any atom is -0.392 e. The van der Waals surface area contributed by atoms with E-state index in [0.717, 1.165) is 31.7 Å². The highest BCUT2D eigenvalue weighted by Gasteiger charge is 2.34. The fraction of sp³-hybridized carbons (Fsp3) is 0.600. The van der Waals surface area contributed by atoms with Gasteiger partial charge in [0, 0.05) is 13.1 Å². The summed E-state index contributed by atoms with van der Waals surface area (Å²) in [6.45, 7) is 1.73. The van der Waals surface area contributed by atoms with Crippen LogP contribution in [-0.4, -0.2) is 30.9 Å². The number of sulfonamides is 1. The summed E-state index contributed by atoms with van der Waals surface area (Å²) in [7, 11) is -2.32. The molecule has 4 nitrogen and oxygen atoms in total. The zero-order valence-electron chi connectivity index (χ0n) is 12.4. The van der Waals surface area contributed by atoms with Crippen LogP contribution in [0, 0.1) is 11.7 Å². The van der Waals surface area contributed by atoms with Gasteiger partial charge in [-0.05, 0) is 36.5 Å². The lowest BCUT2D eigenvalue weighted by Gasteiger charge is -2.35. The average molecular weight is 315 g/mol.